The zero-order chi connectivity index (χ0) is 14.8. The summed E-state index contributed by atoms with van der Waals surface area (Å²) in [5, 5.41) is 2.64. The number of hydrogen-bond acceptors (Lipinski definition) is 4. The van der Waals surface area contributed by atoms with Crippen LogP contribution in [-0.2, 0) is 10.0 Å². The molecule has 0 atom stereocenters. The molecule has 0 aliphatic heterocycles. The molecule has 0 aromatic heterocycles. The SMILES string of the molecule is CCNC(=O)c1ccc(OC)c(S(=O)(=O)NC2CC2)c1. The summed E-state index contributed by atoms with van der Waals surface area (Å²) in [6, 6.07) is 4.37. The van der Waals surface area contributed by atoms with Gasteiger partial charge in [0.05, 0.1) is 7.11 Å². The lowest BCUT2D eigenvalue weighted by atomic mass is 10.2. The summed E-state index contributed by atoms with van der Waals surface area (Å²) in [4.78, 5) is 11.8. The molecule has 0 bridgehead atoms. The molecule has 1 amide bonds. The lowest BCUT2D eigenvalue weighted by Crippen LogP contribution is -2.27. The van der Waals surface area contributed by atoms with Crippen molar-refractivity contribution >= 4 is 15.9 Å². The second kappa shape index (κ2) is 5.80. The average Bonchev–Trinajstić information content (AvgIpc) is 3.21. The highest BCUT2D eigenvalue weighted by atomic mass is 32.2. The summed E-state index contributed by atoms with van der Waals surface area (Å²) < 4.78 is 32.2. The molecule has 1 aliphatic carbocycles. The van der Waals surface area contributed by atoms with E-state index in [0.29, 0.717) is 12.1 Å². The summed E-state index contributed by atoms with van der Waals surface area (Å²) in [6.07, 6.45) is 1.69. The van der Waals surface area contributed by atoms with Crippen molar-refractivity contribution in [2.45, 2.75) is 30.7 Å². The fourth-order valence-electron chi connectivity index (χ4n) is 1.77. The minimum Gasteiger partial charge on any atom is -0.495 e. The molecule has 7 heteroatoms. The van der Waals surface area contributed by atoms with Crippen molar-refractivity contribution in [3.63, 3.8) is 0 Å². The molecule has 1 aromatic rings. The highest BCUT2D eigenvalue weighted by Gasteiger charge is 2.30. The predicted molar refractivity (Wildman–Crippen MR) is 74.3 cm³/mol. The molecule has 1 saturated carbocycles. The number of sulfonamides is 1. The Morgan fingerprint density at radius 2 is 2.10 bits per heavy atom. The Morgan fingerprint density at radius 3 is 2.65 bits per heavy atom. The molecular formula is C13H18N2O4S. The van der Waals surface area contributed by atoms with E-state index >= 15 is 0 Å². The van der Waals surface area contributed by atoms with Gasteiger partial charge < -0.3 is 10.1 Å². The van der Waals surface area contributed by atoms with Crippen molar-refractivity contribution < 1.29 is 17.9 Å². The number of methoxy groups -OCH3 is 1. The largest absolute Gasteiger partial charge is 0.495 e. The third-order valence-corrected chi connectivity index (χ3v) is 4.49. The molecular weight excluding hydrogens is 280 g/mol. The van der Waals surface area contributed by atoms with Crippen LogP contribution >= 0.6 is 0 Å². The van der Waals surface area contributed by atoms with Crippen LogP contribution in [0.3, 0.4) is 0 Å². The van der Waals surface area contributed by atoms with Crippen LogP contribution in [0.2, 0.25) is 0 Å². The standard InChI is InChI=1S/C13H18N2O4S/c1-3-14-13(16)9-4-7-11(19-2)12(8-9)20(17,18)15-10-5-6-10/h4,7-8,10,15H,3,5-6H2,1-2H3,(H,14,16). The maximum atomic E-state index is 12.3. The Bertz CT molecular complexity index is 609. The molecule has 0 saturated heterocycles. The van der Waals surface area contributed by atoms with Crippen LogP contribution in [-0.4, -0.2) is 34.0 Å². The summed E-state index contributed by atoms with van der Waals surface area (Å²) in [5.74, 6) is -0.0794. The predicted octanol–water partition coefficient (Wildman–Crippen LogP) is 0.886. The van der Waals surface area contributed by atoms with Crippen LogP contribution in [0.5, 0.6) is 5.75 Å². The van der Waals surface area contributed by atoms with Crippen LogP contribution in [0.25, 0.3) is 0 Å². The third-order valence-electron chi connectivity index (χ3n) is 2.95. The number of carbonyl (C=O) groups excluding carboxylic acids is 1. The van der Waals surface area contributed by atoms with E-state index in [1.807, 2.05) is 0 Å². The van der Waals surface area contributed by atoms with E-state index in [9.17, 15) is 13.2 Å². The Kier molecular flexibility index (Phi) is 4.29. The van der Waals surface area contributed by atoms with Crippen LogP contribution in [0, 0.1) is 0 Å². The first-order chi connectivity index (χ1) is 9.47. The van der Waals surface area contributed by atoms with E-state index in [4.69, 9.17) is 4.74 Å². The molecule has 2 N–H and O–H groups in total. The van der Waals surface area contributed by atoms with Gasteiger partial charge in [-0.3, -0.25) is 4.79 Å². The summed E-state index contributed by atoms with van der Waals surface area (Å²) in [5.41, 5.74) is 0.295. The van der Waals surface area contributed by atoms with Gasteiger partial charge in [-0.2, -0.15) is 0 Å². The van der Waals surface area contributed by atoms with E-state index in [-0.39, 0.29) is 22.6 Å². The van der Waals surface area contributed by atoms with E-state index in [1.165, 1.54) is 19.2 Å². The quantitative estimate of drug-likeness (QED) is 0.816. The maximum absolute atomic E-state index is 12.3. The Hall–Kier alpha value is -1.60. The summed E-state index contributed by atoms with van der Waals surface area (Å²) >= 11 is 0. The molecule has 1 aromatic carbocycles. The second-order valence-corrected chi connectivity index (χ2v) is 6.30. The Labute approximate surface area is 118 Å². The van der Waals surface area contributed by atoms with Gasteiger partial charge in [0.1, 0.15) is 10.6 Å². The van der Waals surface area contributed by atoms with Crippen LogP contribution in [0.1, 0.15) is 30.1 Å². The van der Waals surface area contributed by atoms with E-state index in [1.54, 1.807) is 13.0 Å². The van der Waals surface area contributed by atoms with Crippen molar-refractivity contribution in [3.05, 3.63) is 23.8 Å². The first kappa shape index (κ1) is 14.8. The zero-order valence-corrected chi connectivity index (χ0v) is 12.3. The van der Waals surface area contributed by atoms with Crippen molar-refractivity contribution in [2.75, 3.05) is 13.7 Å². The first-order valence-corrected chi connectivity index (χ1v) is 7.95. The monoisotopic (exact) mass is 298 g/mol. The molecule has 0 unspecified atom stereocenters. The molecule has 1 aliphatic rings. The molecule has 1 fully saturated rings. The van der Waals surface area contributed by atoms with E-state index in [0.717, 1.165) is 12.8 Å². The second-order valence-electron chi connectivity index (χ2n) is 4.62. The van der Waals surface area contributed by atoms with Crippen LogP contribution in [0.4, 0.5) is 0 Å². The van der Waals surface area contributed by atoms with Crippen molar-refractivity contribution in [3.8, 4) is 5.75 Å². The van der Waals surface area contributed by atoms with Crippen molar-refractivity contribution in [1.82, 2.24) is 10.0 Å². The van der Waals surface area contributed by atoms with Gasteiger partial charge in [0.25, 0.3) is 5.91 Å². The highest BCUT2D eigenvalue weighted by Crippen LogP contribution is 2.28. The molecule has 20 heavy (non-hydrogen) atoms. The number of nitrogens with one attached hydrogen (secondary N) is 2. The number of benzene rings is 1. The van der Waals surface area contributed by atoms with Gasteiger partial charge in [0.15, 0.2) is 0 Å². The minimum atomic E-state index is -3.67. The first-order valence-electron chi connectivity index (χ1n) is 6.46. The molecule has 2 rings (SSSR count). The van der Waals surface area contributed by atoms with Gasteiger partial charge in [0, 0.05) is 18.2 Å². The molecule has 6 nitrogen and oxygen atoms in total. The number of ether oxygens (including phenoxy) is 1. The lowest BCUT2D eigenvalue weighted by molar-refractivity contribution is 0.0955. The Morgan fingerprint density at radius 1 is 1.40 bits per heavy atom. The maximum Gasteiger partial charge on any atom is 0.251 e. The number of hydrogen-bond donors (Lipinski definition) is 2. The number of carbonyl (C=O) groups is 1. The fourth-order valence-corrected chi connectivity index (χ4v) is 3.27. The summed E-state index contributed by atoms with van der Waals surface area (Å²) in [6.45, 7) is 2.28. The molecule has 0 radical (unpaired) electrons. The van der Waals surface area contributed by atoms with Gasteiger partial charge >= 0.3 is 0 Å². The molecule has 0 heterocycles. The van der Waals surface area contributed by atoms with E-state index in [2.05, 4.69) is 10.0 Å². The average molecular weight is 298 g/mol. The molecule has 0 spiro atoms. The van der Waals surface area contributed by atoms with Crippen LogP contribution in [0.15, 0.2) is 23.1 Å². The van der Waals surface area contributed by atoms with Gasteiger partial charge in [-0.15, -0.1) is 0 Å². The van der Waals surface area contributed by atoms with E-state index < -0.39 is 10.0 Å². The zero-order valence-electron chi connectivity index (χ0n) is 11.5. The van der Waals surface area contributed by atoms with Crippen molar-refractivity contribution in [2.24, 2.45) is 0 Å². The van der Waals surface area contributed by atoms with Crippen LogP contribution < -0.4 is 14.8 Å². The topological polar surface area (TPSA) is 84.5 Å². The normalized spacial score (nSPS) is 14.9. The summed E-state index contributed by atoms with van der Waals surface area (Å²) in [7, 11) is -2.27. The van der Waals surface area contributed by atoms with Gasteiger partial charge in [0.2, 0.25) is 10.0 Å². The Balaban J connectivity index is 2.38. The third kappa shape index (κ3) is 3.29. The van der Waals surface area contributed by atoms with Crippen molar-refractivity contribution in [1.29, 1.82) is 0 Å². The van der Waals surface area contributed by atoms with Gasteiger partial charge in [-0.1, -0.05) is 0 Å². The van der Waals surface area contributed by atoms with Gasteiger partial charge in [-0.05, 0) is 38.0 Å². The number of rotatable bonds is 6. The lowest BCUT2D eigenvalue weighted by Gasteiger charge is -2.12. The highest BCUT2D eigenvalue weighted by molar-refractivity contribution is 7.89. The number of amides is 1. The minimum absolute atomic E-state index is 0.00201. The fraction of sp³-hybridized carbons (Fsp3) is 0.462. The molecule has 110 valence electrons. The van der Waals surface area contributed by atoms with Gasteiger partial charge in [-0.25, -0.2) is 13.1 Å². The smallest absolute Gasteiger partial charge is 0.251 e.